The second-order valence-corrected chi connectivity index (χ2v) is 12.8. The van der Waals surface area contributed by atoms with Crippen molar-refractivity contribution in [3.8, 4) is 0 Å². The van der Waals surface area contributed by atoms with Gasteiger partial charge in [-0.25, -0.2) is 27.2 Å². The van der Waals surface area contributed by atoms with Crippen LogP contribution in [0.15, 0.2) is 47.8 Å². The number of benzene rings is 1. The third-order valence-electron chi connectivity index (χ3n) is 7.26. The first-order valence-corrected chi connectivity index (χ1v) is 13.7. The molecule has 1 aliphatic carbocycles. The Morgan fingerprint density at radius 3 is 2.31 bits per heavy atom. The highest BCUT2D eigenvalue weighted by molar-refractivity contribution is 7.90. The van der Waals surface area contributed by atoms with Crippen LogP contribution in [0.4, 0.5) is 10.6 Å². The third kappa shape index (κ3) is 4.42. The molecule has 0 spiro atoms. The lowest BCUT2D eigenvalue weighted by atomic mass is 10.0. The minimum atomic E-state index is -3.78. The molecule has 1 saturated heterocycles. The fraction of sp³-hybridized carbons (Fsp3) is 0.500. The molecule has 2 aromatic heterocycles. The molecule has 0 radical (unpaired) electrons. The number of anilines is 1. The summed E-state index contributed by atoms with van der Waals surface area (Å²) in [5, 5.41) is 0.697. The maximum Gasteiger partial charge on any atom is 0.410 e. The number of likely N-dealkylation sites (tertiary alicyclic amines) is 1. The lowest BCUT2D eigenvalue weighted by Crippen LogP contribution is -2.37. The molecule has 192 valence electrons. The molecule has 1 unspecified atom stereocenters. The van der Waals surface area contributed by atoms with Crippen LogP contribution in [-0.2, 0) is 14.8 Å². The molecule has 3 aromatic rings. The smallest absolute Gasteiger partial charge is 0.410 e. The van der Waals surface area contributed by atoms with E-state index in [-0.39, 0.29) is 17.0 Å². The standard InChI is InChI=1S/C26H33N5O4S/c1-17-6-8-21(9-7-17)36(33,34)31-11-10-22-23(27-16-28-24(22)31)29(5)20-12-18-14-30(15-19(18)13-20)25(32)35-26(2,3)4/h6-11,16,18-20H,12-15H2,1-5H3/t18-,19+,20?. The molecular formula is C26H33N5O4S. The molecule has 0 bridgehead atoms. The first-order chi connectivity index (χ1) is 16.9. The highest BCUT2D eigenvalue weighted by atomic mass is 32.2. The molecule has 36 heavy (non-hydrogen) atoms. The van der Waals surface area contributed by atoms with E-state index in [1.54, 1.807) is 36.5 Å². The van der Waals surface area contributed by atoms with Gasteiger partial charge in [-0.05, 0) is 70.6 Å². The van der Waals surface area contributed by atoms with Gasteiger partial charge in [-0.2, -0.15) is 0 Å². The lowest BCUT2D eigenvalue weighted by Gasteiger charge is -2.28. The molecule has 1 amide bonds. The summed E-state index contributed by atoms with van der Waals surface area (Å²) in [6.45, 7) is 8.98. The zero-order chi connectivity index (χ0) is 25.8. The minimum absolute atomic E-state index is 0.220. The molecule has 2 fully saturated rings. The van der Waals surface area contributed by atoms with Crippen molar-refractivity contribution in [3.05, 3.63) is 48.4 Å². The molecule has 0 N–H and O–H groups in total. The van der Waals surface area contributed by atoms with E-state index >= 15 is 0 Å². The fourth-order valence-corrected chi connectivity index (χ4v) is 6.75. The van der Waals surface area contributed by atoms with E-state index in [4.69, 9.17) is 4.74 Å². The minimum Gasteiger partial charge on any atom is -0.444 e. The van der Waals surface area contributed by atoms with E-state index in [2.05, 4.69) is 14.9 Å². The number of aryl methyl sites for hydroxylation is 1. The summed E-state index contributed by atoms with van der Waals surface area (Å²) in [6, 6.07) is 8.82. The van der Waals surface area contributed by atoms with Gasteiger partial charge in [0.15, 0.2) is 5.65 Å². The third-order valence-corrected chi connectivity index (χ3v) is 8.95. The van der Waals surface area contributed by atoms with Crippen molar-refractivity contribution < 1.29 is 17.9 Å². The Balaban J connectivity index is 1.34. The zero-order valence-electron chi connectivity index (χ0n) is 21.4. The summed E-state index contributed by atoms with van der Waals surface area (Å²) in [7, 11) is -1.78. The van der Waals surface area contributed by atoms with Crippen LogP contribution < -0.4 is 4.90 Å². The maximum absolute atomic E-state index is 13.3. The number of carbonyl (C=O) groups excluding carboxylic acids is 1. The van der Waals surface area contributed by atoms with Gasteiger partial charge in [0.1, 0.15) is 17.7 Å². The summed E-state index contributed by atoms with van der Waals surface area (Å²) in [4.78, 5) is 25.5. The summed E-state index contributed by atoms with van der Waals surface area (Å²) in [5.74, 6) is 1.54. The van der Waals surface area contributed by atoms with Crippen LogP contribution in [0.1, 0.15) is 39.2 Å². The molecule has 3 atom stereocenters. The molecule has 5 rings (SSSR count). The van der Waals surface area contributed by atoms with Crippen LogP contribution in [0.2, 0.25) is 0 Å². The number of nitrogens with zero attached hydrogens (tertiary/aromatic N) is 5. The Morgan fingerprint density at radius 1 is 1.06 bits per heavy atom. The van der Waals surface area contributed by atoms with Crippen molar-refractivity contribution in [2.24, 2.45) is 11.8 Å². The van der Waals surface area contributed by atoms with Gasteiger partial charge in [0.05, 0.1) is 10.3 Å². The van der Waals surface area contributed by atoms with Gasteiger partial charge in [-0.15, -0.1) is 0 Å². The Labute approximate surface area is 212 Å². The number of hydrogen-bond donors (Lipinski definition) is 0. The number of carbonyl (C=O) groups is 1. The largest absolute Gasteiger partial charge is 0.444 e. The summed E-state index contributed by atoms with van der Waals surface area (Å²) < 4.78 is 33.4. The molecule has 2 aliphatic rings. The highest BCUT2D eigenvalue weighted by Gasteiger charge is 2.44. The van der Waals surface area contributed by atoms with Crippen LogP contribution >= 0.6 is 0 Å². The normalized spacial score (nSPS) is 22.1. The van der Waals surface area contributed by atoms with E-state index in [9.17, 15) is 13.2 Å². The van der Waals surface area contributed by atoms with Crippen LogP contribution in [0.3, 0.4) is 0 Å². The van der Waals surface area contributed by atoms with Crippen LogP contribution in [0, 0.1) is 18.8 Å². The summed E-state index contributed by atoms with van der Waals surface area (Å²) in [5.41, 5.74) is 0.856. The number of amides is 1. The number of aromatic nitrogens is 3. The van der Waals surface area contributed by atoms with Crippen molar-refractivity contribution in [1.82, 2.24) is 18.8 Å². The van der Waals surface area contributed by atoms with E-state index < -0.39 is 15.6 Å². The molecule has 3 heterocycles. The van der Waals surface area contributed by atoms with Gasteiger partial charge in [-0.3, -0.25) is 0 Å². The number of ether oxygens (including phenoxy) is 1. The van der Waals surface area contributed by atoms with Crippen LogP contribution in [0.5, 0.6) is 0 Å². The van der Waals surface area contributed by atoms with Crippen molar-refractivity contribution in [3.63, 3.8) is 0 Å². The van der Waals surface area contributed by atoms with Gasteiger partial charge in [0.2, 0.25) is 0 Å². The Hall–Kier alpha value is -3.14. The first-order valence-electron chi connectivity index (χ1n) is 12.3. The molecule has 9 nitrogen and oxygen atoms in total. The average molecular weight is 512 g/mol. The van der Waals surface area contributed by atoms with Crippen molar-refractivity contribution in [2.45, 2.75) is 57.1 Å². The predicted octanol–water partition coefficient (Wildman–Crippen LogP) is 4.06. The lowest BCUT2D eigenvalue weighted by molar-refractivity contribution is 0.0279. The Bertz CT molecular complexity index is 1380. The van der Waals surface area contributed by atoms with Crippen LogP contribution in [-0.4, -0.2) is 65.1 Å². The van der Waals surface area contributed by atoms with E-state index in [1.165, 1.54) is 10.3 Å². The monoisotopic (exact) mass is 511 g/mol. The Morgan fingerprint density at radius 2 is 1.69 bits per heavy atom. The summed E-state index contributed by atoms with van der Waals surface area (Å²) >= 11 is 0. The summed E-state index contributed by atoms with van der Waals surface area (Å²) in [6.07, 6.45) is 4.61. The fourth-order valence-electron chi connectivity index (χ4n) is 5.45. The highest BCUT2D eigenvalue weighted by Crippen LogP contribution is 2.42. The van der Waals surface area contributed by atoms with E-state index in [0.29, 0.717) is 41.8 Å². The number of rotatable bonds is 4. The number of fused-ring (bicyclic) bond motifs is 2. The van der Waals surface area contributed by atoms with Crippen molar-refractivity contribution in [1.29, 1.82) is 0 Å². The molecule has 10 heteroatoms. The second kappa shape index (κ2) is 8.76. The van der Waals surface area contributed by atoms with Gasteiger partial charge in [0.25, 0.3) is 10.0 Å². The molecule has 1 aliphatic heterocycles. The van der Waals surface area contributed by atoms with Gasteiger partial charge < -0.3 is 14.5 Å². The van der Waals surface area contributed by atoms with Gasteiger partial charge in [0, 0.05) is 32.4 Å². The van der Waals surface area contributed by atoms with Gasteiger partial charge in [-0.1, -0.05) is 17.7 Å². The number of hydrogen-bond acceptors (Lipinski definition) is 7. The molecule has 1 aromatic carbocycles. The van der Waals surface area contributed by atoms with Gasteiger partial charge >= 0.3 is 6.09 Å². The van der Waals surface area contributed by atoms with Crippen molar-refractivity contribution in [2.75, 3.05) is 25.0 Å². The quantitative estimate of drug-likeness (QED) is 0.521. The zero-order valence-corrected chi connectivity index (χ0v) is 22.2. The SMILES string of the molecule is Cc1ccc(S(=O)(=O)n2ccc3c(N(C)C4C[C@@H]5CN(C(=O)OC(C)(C)C)C[C@@H]5C4)ncnc32)cc1. The van der Waals surface area contributed by atoms with E-state index in [1.807, 2.05) is 39.6 Å². The first kappa shape index (κ1) is 24.5. The predicted molar refractivity (Wildman–Crippen MR) is 138 cm³/mol. The van der Waals surface area contributed by atoms with Crippen molar-refractivity contribution >= 4 is 33.0 Å². The topological polar surface area (TPSA) is 97.6 Å². The average Bonchev–Trinajstić information content (AvgIpc) is 3.51. The molecular weight excluding hydrogens is 478 g/mol. The van der Waals surface area contributed by atoms with Crippen LogP contribution in [0.25, 0.3) is 11.0 Å². The maximum atomic E-state index is 13.3. The van der Waals surface area contributed by atoms with E-state index in [0.717, 1.165) is 18.4 Å². The second-order valence-electron chi connectivity index (χ2n) is 11.0. The molecule has 1 saturated carbocycles. The Kier molecular flexibility index (Phi) is 5.97.